The fraction of sp³-hybridized carbons (Fsp3) is 0.0667. The lowest BCUT2D eigenvalue weighted by molar-refractivity contribution is 0.0724. The van der Waals surface area contributed by atoms with Crippen LogP contribution < -0.4 is 9.47 Å². The van der Waals surface area contributed by atoms with Crippen molar-refractivity contribution in [2.75, 3.05) is 0 Å². The van der Waals surface area contributed by atoms with Gasteiger partial charge < -0.3 is 9.47 Å². The zero-order chi connectivity index (χ0) is 27.1. The first-order valence-corrected chi connectivity index (χ1v) is 11.4. The SMILES string of the molecule is Cc1c(C(=O)Oc2ccc3cc4ccc(OC(=O)c5ccc(F)c(F)c5C)cc4cc3c2)ccc(F)c1F. The molecule has 0 amide bonds. The molecule has 0 fully saturated rings. The molecule has 4 nitrogen and oxygen atoms in total. The second kappa shape index (κ2) is 9.63. The van der Waals surface area contributed by atoms with Crippen LogP contribution in [-0.4, -0.2) is 11.9 Å². The van der Waals surface area contributed by atoms with Gasteiger partial charge in [0.2, 0.25) is 0 Å². The smallest absolute Gasteiger partial charge is 0.343 e. The van der Waals surface area contributed by atoms with Crippen molar-refractivity contribution in [2.45, 2.75) is 13.8 Å². The normalized spacial score (nSPS) is 11.1. The Morgan fingerprint density at radius 3 is 1.34 bits per heavy atom. The van der Waals surface area contributed by atoms with Gasteiger partial charge in [-0.05, 0) is 96.1 Å². The van der Waals surface area contributed by atoms with Gasteiger partial charge in [0, 0.05) is 11.1 Å². The number of hydrogen-bond donors (Lipinski definition) is 0. The van der Waals surface area contributed by atoms with Crippen LogP contribution in [0.15, 0.2) is 72.8 Å². The number of hydrogen-bond acceptors (Lipinski definition) is 4. The van der Waals surface area contributed by atoms with E-state index in [1.54, 1.807) is 42.5 Å². The van der Waals surface area contributed by atoms with Crippen LogP contribution in [-0.2, 0) is 0 Å². The van der Waals surface area contributed by atoms with E-state index in [0.29, 0.717) is 10.8 Å². The van der Waals surface area contributed by atoms with Gasteiger partial charge in [-0.2, -0.15) is 0 Å². The molecule has 0 N–H and O–H groups in total. The van der Waals surface area contributed by atoms with Crippen LogP contribution >= 0.6 is 0 Å². The van der Waals surface area contributed by atoms with Crippen molar-refractivity contribution in [2.24, 2.45) is 0 Å². The lowest BCUT2D eigenvalue weighted by Crippen LogP contribution is -2.12. The van der Waals surface area contributed by atoms with E-state index in [-0.39, 0.29) is 33.8 Å². The maximum Gasteiger partial charge on any atom is 0.343 e. The maximum absolute atomic E-state index is 13.9. The number of rotatable bonds is 4. The fourth-order valence-corrected chi connectivity index (χ4v) is 4.15. The summed E-state index contributed by atoms with van der Waals surface area (Å²) in [7, 11) is 0. The van der Waals surface area contributed by atoms with E-state index in [4.69, 9.17) is 9.47 Å². The van der Waals surface area contributed by atoms with E-state index in [2.05, 4.69) is 0 Å². The lowest BCUT2D eigenvalue weighted by atomic mass is 10.0. The van der Waals surface area contributed by atoms with Gasteiger partial charge in [0.25, 0.3) is 0 Å². The number of benzene rings is 5. The van der Waals surface area contributed by atoms with Crippen LogP contribution in [0, 0.1) is 37.1 Å². The molecule has 0 saturated carbocycles. The minimum Gasteiger partial charge on any atom is -0.423 e. The second-order valence-corrected chi connectivity index (χ2v) is 8.72. The monoisotopic (exact) mass is 518 g/mol. The van der Waals surface area contributed by atoms with Crippen LogP contribution in [0.25, 0.3) is 21.5 Å². The molecule has 8 heteroatoms. The molecule has 0 atom stereocenters. The quantitative estimate of drug-likeness (QED) is 0.106. The van der Waals surface area contributed by atoms with Gasteiger partial charge >= 0.3 is 11.9 Å². The van der Waals surface area contributed by atoms with Gasteiger partial charge in [0.15, 0.2) is 23.3 Å². The Hall–Kier alpha value is -4.72. The van der Waals surface area contributed by atoms with E-state index in [0.717, 1.165) is 35.0 Å². The van der Waals surface area contributed by atoms with Gasteiger partial charge in [-0.15, -0.1) is 0 Å². The van der Waals surface area contributed by atoms with Gasteiger partial charge in [0.1, 0.15) is 11.5 Å². The predicted molar refractivity (Wildman–Crippen MR) is 134 cm³/mol. The molecule has 0 aromatic heterocycles. The van der Waals surface area contributed by atoms with E-state index in [9.17, 15) is 27.2 Å². The highest BCUT2D eigenvalue weighted by Gasteiger charge is 2.19. The molecule has 5 rings (SSSR count). The summed E-state index contributed by atoms with van der Waals surface area (Å²) < 4.78 is 65.3. The average molecular weight is 518 g/mol. The van der Waals surface area contributed by atoms with Crippen molar-refractivity contribution in [3.63, 3.8) is 0 Å². The Kier molecular flexibility index (Phi) is 6.32. The largest absolute Gasteiger partial charge is 0.423 e. The van der Waals surface area contributed by atoms with Crippen molar-refractivity contribution in [3.8, 4) is 11.5 Å². The van der Waals surface area contributed by atoms with E-state index >= 15 is 0 Å². The summed E-state index contributed by atoms with van der Waals surface area (Å²) in [5.74, 6) is -5.60. The first-order valence-electron chi connectivity index (χ1n) is 11.4. The predicted octanol–water partition coefficient (Wildman–Crippen LogP) is 7.60. The number of ether oxygens (including phenoxy) is 2. The molecular weight excluding hydrogens is 500 g/mol. The Morgan fingerprint density at radius 1 is 0.526 bits per heavy atom. The molecule has 0 bridgehead atoms. The highest BCUT2D eigenvalue weighted by molar-refractivity contribution is 6.00. The average Bonchev–Trinajstić information content (AvgIpc) is 2.89. The molecule has 0 radical (unpaired) electrons. The minimum atomic E-state index is -1.11. The van der Waals surface area contributed by atoms with Crippen LogP contribution in [0.2, 0.25) is 0 Å². The maximum atomic E-state index is 13.9. The number of esters is 2. The van der Waals surface area contributed by atoms with Crippen molar-refractivity contribution in [1.29, 1.82) is 0 Å². The first kappa shape index (κ1) is 25.0. The molecule has 0 aliphatic carbocycles. The van der Waals surface area contributed by atoms with Crippen molar-refractivity contribution in [3.05, 3.63) is 118 Å². The van der Waals surface area contributed by atoms with Crippen LogP contribution in [0.5, 0.6) is 11.5 Å². The van der Waals surface area contributed by atoms with Crippen molar-refractivity contribution in [1.82, 2.24) is 0 Å². The zero-order valence-electron chi connectivity index (χ0n) is 20.1. The second-order valence-electron chi connectivity index (χ2n) is 8.72. The molecule has 0 aliphatic rings. The Balaban J connectivity index is 1.42. The standard InChI is InChI=1S/C30H18F4O4/c1-15-23(7-9-25(31)27(15)33)29(35)37-21-5-3-17-11-18-4-6-22(14-20(18)12-19(17)13-21)38-30(36)24-8-10-26(32)28(34)16(24)2/h3-14H,1-2H3. The number of halogens is 4. The summed E-state index contributed by atoms with van der Waals surface area (Å²) in [5.41, 5.74) is -0.486. The summed E-state index contributed by atoms with van der Waals surface area (Å²) in [6.07, 6.45) is 0. The highest BCUT2D eigenvalue weighted by atomic mass is 19.2. The van der Waals surface area contributed by atoms with Gasteiger partial charge in [0.05, 0.1) is 11.1 Å². The number of carbonyl (C=O) groups excluding carboxylic acids is 2. The fourth-order valence-electron chi connectivity index (χ4n) is 4.15. The Bertz CT molecular complexity index is 1650. The number of carbonyl (C=O) groups is 2. The molecule has 0 spiro atoms. The third kappa shape index (κ3) is 4.56. The lowest BCUT2D eigenvalue weighted by Gasteiger charge is -2.10. The third-order valence-corrected chi connectivity index (χ3v) is 6.28. The highest BCUT2D eigenvalue weighted by Crippen LogP contribution is 2.30. The first-order chi connectivity index (χ1) is 18.1. The molecule has 38 heavy (non-hydrogen) atoms. The van der Waals surface area contributed by atoms with E-state index in [1.807, 2.05) is 6.07 Å². The molecule has 0 saturated heterocycles. The summed E-state index contributed by atoms with van der Waals surface area (Å²) in [5, 5.41) is 3.07. The van der Waals surface area contributed by atoms with Crippen LogP contribution in [0.1, 0.15) is 31.8 Å². The molecule has 5 aromatic rings. The van der Waals surface area contributed by atoms with Gasteiger partial charge in [-0.3, -0.25) is 0 Å². The van der Waals surface area contributed by atoms with Crippen molar-refractivity contribution < 1.29 is 36.6 Å². The van der Waals surface area contributed by atoms with Gasteiger partial charge in [-0.1, -0.05) is 12.1 Å². The summed E-state index contributed by atoms with van der Waals surface area (Å²) in [4.78, 5) is 25.1. The molecule has 5 aromatic carbocycles. The summed E-state index contributed by atoms with van der Waals surface area (Å²) in [6.45, 7) is 2.58. The van der Waals surface area contributed by atoms with Crippen molar-refractivity contribution >= 4 is 33.5 Å². The minimum absolute atomic E-state index is 0.0924. The van der Waals surface area contributed by atoms with Crippen LogP contribution in [0.3, 0.4) is 0 Å². The zero-order valence-corrected chi connectivity index (χ0v) is 20.1. The summed E-state index contributed by atoms with van der Waals surface area (Å²) in [6, 6.07) is 17.6. The van der Waals surface area contributed by atoms with E-state index in [1.165, 1.54) is 13.8 Å². The molecular formula is C30H18F4O4. The Morgan fingerprint density at radius 2 is 0.921 bits per heavy atom. The molecule has 0 aliphatic heterocycles. The molecule has 0 heterocycles. The van der Waals surface area contributed by atoms with E-state index < -0.39 is 35.2 Å². The Labute approximate surface area is 214 Å². The molecule has 0 unspecified atom stereocenters. The van der Waals surface area contributed by atoms with Gasteiger partial charge in [-0.25, -0.2) is 27.2 Å². The third-order valence-electron chi connectivity index (χ3n) is 6.28. The molecule has 190 valence electrons. The van der Waals surface area contributed by atoms with Crippen LogP contribution in [0.4, 0.5) is 17.6 Å². The number of fused-ring (bicyclic) bond motifs is 2. The summed E-state index contributed by atoms with van der Waals surface area (Å²) >= 11 is 0. The topological polar surface area (TPSA) is 52.6 Å².